The summed E-state index contributed by atoms with van der Waals surface area (Å²) in [5.41, 5.74) is -0.411. The summed E-state index contributed by atoms with van der Waals surface area (Å²) in [6.45, 7) is 0. The average Bonchev–Trinajstić information content (AvgIpc) is 3.03. The third-order valence-corrected chi connectivity index (χ3v) is 3.95. The molecule has 0 aliphatic heterocycles. The third kappa shape index (κ3) is 3.88. The zero-order valence-corrected chi connectivity index (χ0v) is 12.5. The molecular weight excluding hydrogens is 312 g/mol. The summed E-state index contributed by atoms with van der Waals surface area (Å²) in [7, 11) is 1.24. The van der Waals surface area contributed by atoms with E-state index in [9.17, 15) is 18.4 Å². The Bertz CT molecular complexity index is 673. The standard InChI is InChI=1S/C15H13F2NO3S/c1-21-14(19)8-12(13-3-2-6-22-13)18-15(20)10-7-9(16)4-5-11(10)17/h2-7,12H,8H2,1H3,(H,18,20). The van der Waals surface area contributed by atoms with E-state index in [0.717, 1.165) is 23.1 Å². The molecule has 7 heteroatoms. The number of hydrogen-bond acceptors (Lipinski definition) is 4. The number of nitrogens with one attached hydrogen (secondary N) is 1. The number of benzene rings is 1. The van der Waals surface area contributed by atoms with Crippen molar-refractivity contribution >= 4 is 23.2 Å². The molecule has 4 nitrogen and oxygen atoms in total. The smallest absolute Gasteiger partial charge is 0.307 e. The predicted molar refractivity (Wildman–Crippen MR) is 77.5 cm³/mol. The number of ether oxygens (including phenoxy) is 1. The van der Waals surface area contributed by atoms with Gasteiger partial charge in [0.25, 0.3) is 5.91 Å². The van der Waals surface area contributed by atoms with Gasteiger partial charge in [0.2, 0.25) is 0 Å². The topological polar surface area (TPSA) is 55.4 Å². The molecule has 1 N–H and O–H groups in total. The second kappa shape index (κ2) is 7.13. The van der Waals surface area contributed by atoms with E-state index < -0.39 is 35.1 Å². The van der Waals surface area contributed by atoms with E-state index in [0.29, 0.717) is 0 Å². The molecule has 0 aliphatic carbocycles. The Morgan fingerprint density at radius 2 is 2.09 bits per heavy atom. The SMILES string of the molecule is COC(=O)CC(NC(=O)c1cc(F)ccc1F)c1cccs1. The summed E-state index contributed by atoms with van der Waals surface area (Å²) in [5, 5.41) is 4.32. The van der Waals surface area contributed by atoms with Crippen LogP contribution in [0.5, 0.6) is 0 Å². The molecule has 22 heavy (non-hydrogen) atoms. The van der Waals surface area contributed by atoms with Crippen molar-refractivity contribution in [1.29, 1.82) is 0 Å². The Balaban J connectivity index is 2.21. The maximum absolute atomic E-state index is 13.6. The molecule has 0 saturated heterocycles. The van der Waals surface area contributed by atoms with E-state index in [-0.39, 0.29) is 6.42 Å². The first-order valence-corrected chi connectivity index (χ1v) is 7.25. The summed E-state index contributed by atoms with van der Waals surface area (Å²) < 4.78 is 31.4. The molecule has 116 valence electrons. The summed E-state index contributed by atoms with van der Waals surface area (Å²) in [5.74, 6) is -2.85. The quantitative estimate of drug-likeness (QED) is 0.860. The molecule has 0 aliphatic rings. The van der Waals surface area contributed by atoms with Gasteiger partial charge in [-0.2, -0.15) is 0 Å². The van der Waals surface area contributed by atoms with Gasteiger partial charge >= 0.3 is 5.97 Å². The molecule has 1 atom stereocenters. The fraction of sp³-hybridized carbons (Fsp3) is 0.200. The molecule has 1 amide bonds. The summed E-state index contributed by atoms with van der Waals surface area (Å²) in [4.78, 5) is 24.3. The number of carbonyl (C=O) groups is 2. The molecule has 1 heterocycles. The van der Waals surface area contributed by atoms with Gasteiger partial charge in [0.05, 0.1) is 25.1 Å². The van der Waals surface area contributed by atoms with E-state index in [2.05, 4.69) is 10.1 Å². The summed E-state index contributed by atoms with van der Waals surface area (Å²) in [6.07, 6.45) is -0.0975. The van der Waals surface area contributed by atoms with E-state index in [1.54, 1.807) is 17.5 Å². The Labute approximate surface area is 129 Å². The lowest BCUT2D eigenvalue weighted by atomic mass is 10.1. The predicted octanol–water partition coefficient (Wildman–Crippen LogP) is 3.06. The van der Waals surface area contributed by atoms with Crippen molar-refractivity contribution in [3.63, 3.8) is 0 Å². The molecule has 0 spiro atoms. The lowest BCUT2D eigenvalue weighted by Gasteiger charge is -2.16. The van der Waals surface area contributed by atoms with Crippen LogP contribution in [0.2, 0.25) is 0 Å². The van der Waals surface area contributed by atoms with Crippen LogP contribution in [-0.2, 0) is 9.53 Å². The first kappa shape index (κ1) is 16.1. The monoisotopic (exact) mass is 325 g/mol. The van der Waals surface area contributed by atoms with E-state index in [1.807, 2.05) is 0 Å². The van der Waals surface area contributed by atoms with Gasteiger partial charge in [-0.1, -0.05) is 6.07 Å². The minimum atomic E-state index is -0.832. The van der Waals surface area contributed by atoms with Crippen LogP contribution >= 0.6 is 11.3 Å². The summed E-state index contributed by atoms with van der Waals surface area (Å²) in [6, 6.07) is 5.46. The molecule has 0 radical (unpaired) electrons. The average molecular weight is 325 g/mol. The van der Waals surface area contributed by atoms with Crippen LogP contribution in [0.1, 0.15) is 27.7 Å². The van der Waals surface area contributed by atoms with Crippen molar-refractivity contribution in [3.05, 3.63) is 57.8 Å². The first-order valence-electron chi connectivity index (χ1n) is 6.37. The number of rotatable bonds is 5. The second-order valence-corrected chi connectivity index (χ2v) is 5.43. The van der Waals surface area contributed by atoms with Crippen LogP contribution in [0, 0.1) is 11.6 Å². The highest BCUT2D eigenvalue weighted by atomic mass is 32.1. The van der Waals surface area contributed by atoms with Gasteiger partial charge in [0.15, 0.2) is 0 Å². The van der Waals surface area contributed by atoms with Gasteiger partial charge < -0.3 is 10.1 Å². The number of esters is 1. The van der Waals surface area contributed by atoms with Crippen molar-refractivity contribution in [2.45, 2.75) is 12.5 Å². The molecule has 0 saturated carbocycles. The van der Waals surface area contributed by atoms with Crippen molar-refractivity contribution in [2.24, 2.45) is 0 Å². The number of hydrogen-bond donors (Lipinski definition) is 1. The number of thiophene rings is 1. The van der Waals surface area contributed by atoms with Crippen molar-refractivity contribution in [1.82, 2.24) is 5.32 Å². The lowest BCUT2D eigenvalue weighted by molar-refractivity contribution is -0.141. The Hall–Kier alpha value is -2.28. The van der Waals surface area contributed by atoms with Gasteiger partial charge in [-0.15, -0.1) is 11.3 Å². The van der Waals surface area contributed by atoms with Gasteiger partial charge in [-0.25, -0.2) is 8.78 Å². The highest BCUT2D eigenvalue weighted by molar-refractivity contribution is 7.10. The van der Waals surface area contributed by atoms with Crippen molar-refractivity contribution in [3.8, 4) is 0 Å². The Morgan fingerprint density at radius 3 is 2.73 bits per heavy atom. The highest BCUT2D eigenvalue weighted by Crippen LogP contribution is 2.23. The normalized spacial score (nSPS) is 11.8. The third-order valence-electron chi connectivity index (χ3n) is 2.96. The Morgan fingerprint density at radius 1 is 1.32 bits per heavy atom. The number of methoxy groups -OCH3 is 1. The van der Waals surface area contributed by atoms with Gasteiger partial charge in [-0.05, 0) is 29.6 Å². The van der Waals surface area contributed by atoms with Crippen molar-refractivity contribution in [2.75, 3.05) is 7.11 Å². The van der Waals surface area contributed by atoms with Crippen LogP contribution in [0.4, 0.5) is 8.78 Å². The molecule has 2 rings (SSSR count). The fourth-order valence-electron chi connectivity index (χ4n) is 1.87. The zero-order chi connectivity index (χ0) is 16.1. The minimum Gasteiger partial charge on any atom is -0.469 e. The molecule has 0 fully saturated rings. The molecule has 1 unspecified atom stereocenters. The van der Waals surface area contributed by atoms with Crippen LogP contribution in [0.3, 0.4) is 0 Å². The molecule has 0 bridgehead atoms. The minimum absolute atomic E-state index is 0.0975. The van der Waals surface area contributed by atoms with Crippen molar-refractivity contribution < 1.29 is 23.1 Å². The van der Waals surface area contributed by atoms with Crippen LogP contribution in [0.25, 0.3) is 0 Å². The second-order valence-electron chi connectivity index (χ2n) is 4.45. The number of amides is 1. The van der Waals surface area contributed by atoms with Crippen LogP contribution < -0.4 is 5.32 Å². The van der Waals surface area contributed by atoms with Crippen LogP contribution in [0.15, 0.2) is 35.7 Å². The van der Waals surface area contributed by atoms with E-state index in [1.165, 1.54) is 18.4 Å². The van der Waals surface area contributed by atoms with E-state index >= 15 is 0 Å². The summed E-state index contributed by atoms with van der Waals surface area (Å²) >= 11 is 1.34. The Kier molecular flexibility index (Phi) is 5.21. The number of carbonyl (C=O) groups excluding carboxylic acids is 2. The molecule has 1 aromatic heterocycles. The largest absolute Gasteiger partial charge is 0.469 e. The van der Waals surface area contributed by atoms with Crippen LogP contribution in [-0.4, -0.2) is 19.0 Å². The van der Waals surface area contributed by atoms with Gasteiger partial charge in [0.1, 0.15) is 11.6 Å². The lowest BCUT2D eigenvalue weighted by Crippen LogP contribution is -2.30. The molecular formula is C15H13F2NO3S. The fourth-order valence-corrected chi connectivity index (χ4v) is 2.65. The zero-order valence-electron chi connectivity index (χ0n) is 11.6. The molecule has 1 aromatic carbocycles. The van der Waals surface area contributed by atoms with Gasteiger partial charge in [-0.3, -0.25) is 9.59 Å². The maximum atomic E-state index is 13.6. The highest BCUT2D eigenvalue weighted by Gasteiger charge is 2.22. The van der Waals surface area contributed by atoms with Gasteiger partial charge in [0, 0.05) is 4.88 Å². The number of halogens is 2. The van der Waals surface area contributed by atoms with E-state index in [4.69, 9.17) is 0 Å². The molecule has 2 aromatic rings. The first-order chi connectivity index (χ1) is 10.5. The maximum Gasteiger partial charge on any atom is 0.307 e.